The summed E-state index contributed by atoms with van der Waals surface area (Å²) in [4.78, 5) is 16.6. The first-order chi connectivity index (χ1) is 12.9. The fraction of sp³-hybridized carbons (Fsp3) is 0.900. The summed E-state index contributed by atoms with van der Waals surface area (Å²) in [6.07, 6.45) is 5.30. The van der Waals surface area contributed by atoms with Crippen molar-refractivity contribution in [3.05, 3.63) is 0 Å². The smallest absolute Gasteiger partial charge is 0.407 e. The average Bonchev–Trinajstić information content (AvgIpc) is 2.57. The zero-order chi connectivity index (χ0) is 20.1. The Bertz CT molecular complexity index is 451. The van der Waals surface area contributed by atoms with Crippen molar-refractivity contribution in [2.24, 2.45) is 16.3 Å². The largest absolute Gasteiger partial charge is 0.450 e. The first kappa shape index (κ1) is 23.5. The molecular formula is C20H40N4O3. The van der Waals surface area contributed by atoms with Crippen LogP contribution in [-0.4, -0.2) is 58.1 Å². The summed E-state index contributed by atoms with van der Waals surface area (Å²) in [5.41, 5.74) is 0.291. The zero-order valence-corrected chi connectivity index (χ0v) is 17.9. The van der Waals surface area contributed by atoms with Crippen molar-refractivity contribution in [3.8, 4) is 0 Å². The minimum atomic E-state index is -0.361. The zero-order valence-electron chi connectivity index (χ0n) is 17.9. The van der Waals surface area contributed by atoms with Crippen molar-refractivity contribution in [3.63, 3.8) is 0 Å². The Hall–Kier alpha value is -1.50. The Labute approximate surface area is 165 Å². The van der Waals surface area contributed by atoms with Crippen LogP contribution in [-0.2, 0) is 9.47 Å². The molecule has 1 unspecified atom stereocenters. The number of carbonyl (C=O) groups is 1. The molecule has 7 nitrogen and oxygen atoms in total. The number of nitrogens with one attached hydrogen (secondary N) is 3. The Morgan fingerprint density at radius 2 is 1.96 bits per heavy atom. The molecule has 1 saturated carbocycles. The molecule has 1 rings (SSSR count). The first-order valence-electron chi connectivity index (χ1n) is 10.4. The van der Waals surface area contributed by atoms with E-state index in [1.54, 1.807) is 7.11 Å². The second-order valence-electron chi connectivity index (χ2n) is 7.86. The molecule has 3 N–H and O–H groups in total. The quantitative estimate of drug-likeness (QED) is 0.356. The lowest BCUT2D eigenvalue weighted by Crippen LogP contribution is -2.48. The third-order valence-corrected chi connectivity index (χ3v) is 5.04. The number of hydrogen-bond acceptors (Lipinski definition) is 4. The SMILES string of the molecule is CCNC(=NCC1(CCOC)CCC1)NCC(CC(C)C)NC(=O)OCC. The van der Waals surface area contributed by atoms with E-state index in [1.165, 1.54) is 19.3 Å². The van der Waals surface area contributed by atoms with Gasteiger partial charge in [0.25, 0.3) is 0 Å². The van der Waals surface area contributed by atoms with Gasteiger partial charge in [-0.1, -0.05) is 20.3 Å². The van der Waals surface area contributed by atoms with Crippen LogP contribution in [0.25, 0.3) is 0 Å². The summed E-state index contributed by atoms with van der Waals surface area (Å²) >= 11 is 0. The summed E-state index contributed by atoms with van der Waals surface area (Å²) < 4.78 is 10.3. The number of guanidine groups is 1. The summed E-state index contributed by atoms with van der Waals surface area (Å²) in [6.45, 7) is 11.6. The number of aliphatic imine (C=N–C) groups is 1. The molecule has 0 aromatic rings. The van der Waals surface area contributed by atoms with E-state index in [1.807, 2.05) is 6.92 Å². The number of hydrogen-bond donors (Lipinski definition) is 3. The van der Waals surface area contributed by atoms with Gasteiger partial charge in [0, 0.05) is 39.4 Å². The molecule has 0 aromatic carbocycles. The first-order valence-corrected chi connectivity index (χ1v) is 10.4. The van der Waals surface area contributed by atoms with Gasteiger partial charge < -0.3 is 25.4 Å². The van der Waals surface area contributed by atoms with Crippen molar-refractivity contribution in [1.29, 1.82) is 0 Å². The molecule has 0 spiro atoms. The standard InChI is InChI=1S/C20H40N4O3/c1-6-21-18(23-15-20(9-8-10-20)11-12-26-5)22-14-17(13-16(3)4)24-19(25)27-7-2/h16-17H,6-15H2,1-5H3,(H,24,25)(H2,21,22,23). The lowest BCUT2D eigenvalue weighted by molar-refractivity contribution is 0.0778. The second-order valence-corrected chi connectivity index (χ2v) is 7.86. The van der Waals surface area contributed by atoms with Gasteiger partial charge in [-0.3, -0.25) is 4.99 Å². The molecule has 0 saturated heterocycles. The highest BCUT2D eigenvalue weighted by atomic mass is 16.5. The van der Waals surface area contributed by atoms with Crippen LogP contribution in [0, 0.1) is 11.3 Å². The number of amides is 1. The molecule has 1 aliphatic rings. The molecule has 0 heterocycles. The molecule has 27 heavy (non-hydrogen) atoms. The van der Waals surface area contributed by atoms with Crippen molar-refractivity contribution in [2.45, 2.75) is 65.8 Å². The van der Waals surface area contributed by atoms with E-state index in [9.17, 15) is 4.79 Å². The maximum absolute atomic E-state index is 11.8. The minimum Gasteiger partial charge on any atom is -0.450 e. The van der Waals surface area contributed by atoms with Crippen molar-refractivity contribution in [2.75, 3.05) is 40.0 Å². The fourth-order valence-electron chi connectivity index (χ4n) is 3.39. The van der Waals surface area contributed by atoms with E-state index >= 15 is 0 Å². The number of nitrogens with zero attached hydrogens (tertiary/aromatic N) is 1. The number of alkyl carbamates (subject to hydrolysis) is 1. The number of methoxy groups -OCH3 is 1. The minimum absolute atomic E-state index is 0.000870. The molecule has 7 heteroatoms. The van der Waals surface area contributed by atoms with Gasteiger partial charge in [-0.15, -0.1) is 0 Å². The Morgan fingerprint density at radius 1 is 1.22 bits per heavy atom. The third-order valence-electron chi connectivity index (χ3n) is 5.04. The Morgan fingerprint density at radius 3 is 2.48 bits per heavy atom. The maximum atomic E-state index is 11.8. The van der Waals surface area contributed by atoms with Gasteiger partial charge in [-0.05, 0) is 50.9 Å². The summed E-state index contributed by atoms with van der Waals surface area (Å²) in [5.74, 6) is 1.28. The molecule has 1 atom stereocenters. The van der Waals surface area contributed by atoms with Crippen molar-refractivity contribution in [1.82, 2.24) is 16.0 Å². The predicted molar refractivity (Wildman–Crippen MR) is 110 cm³/mol. The van der Waals surface area contributed by atoms with E-state index in [0.29, 0.717) is 24.5 Å². The molecule has 158 valence electrons. The Kier molecular flexibility index (Phi) is 11.2. The predicted octanol–water partition coefficient (Wildman–Crippen LogP) is 2.91. The van der Waals surface area contributed by atoms with Crippen LogP contribution in [0.15, 0.2) is 4.99 Å². The van der Waals surface area contributed by atoms with E-state index in [-0.39, 0.29) is 12.1 Å². The summed E-state index contributed by atoms with van der Waals surface area (Å²) in [7, 11) is 1.76. The number of rotatable bonds is 12. The molecule has 0 radical (unpaired) electrons. The lowest BCUT2D eigenvalue weighted by atomic mass is 9.67. The van der Waals surface area contributed by atoms with Gasteiger partial charge >= 0.3 is 6.09 Å². The van der Waals surface area contributed by atoms with Gasteiger partial charge in [-0.25, -0.2) is 4.79 Å². The molecular weight excluding hydrogens is 344 g/mol. The third kappa shape index (κ3) is 9.31. The van der Waals surface area contributed by atoms with Crippen molar-refractivity contribution < 1.29 is 14.3 Å². The van der Waals surface area contributed by atoms with Crippen LogP contribution in [0.5, 0.6) is 0 Å². The highest BCUT2D eigenvalue weighted by Crippen LogP contribution is 2.44. The molecule has 1 fully saturated rings. The van der Waals surface area contributed by atoms with Crippen LogP contribution in [0.3, 0.4) is 0 Å². The molecule has 0 aliphatic heterocycles. The lowest BCUT2D eigenvalue weighted by Gasteiger charge is -2.40. The molecule has 1 aliphatic carbocycles. The second kappa shape index (κ2) is 12.8. The van der Waals surface area contributed by atoms with Crippen LogP contribution >= 0.6 is 0 Å². The van der Waals surface area contributed by atoms with Gasteiger partial charge in [-0.2, -0.15) is 0 Å². The molecule has 0 aromatic heterocycles. The number of carbonyl (C=O) groups excluding carboxylic acids is 1. The topological polar surface area (TPSA) is 84.0 Å². The van der Waals surface area contributed by atoms with E-state index < -0.39 is 0 Å². The summed E-state index contributed by atoms with van der Waals surface area (Å²) in [6, 6.07) is -0.000870. The molecule has 1 amide bonds. The van der Waals surface area contributed by atoms with Gasteiger partial charge in [0.1, 0.15) is 0 Å². The normalized spacial score (nSPS) is 17.2. The molecule has 0 bridgehead atoms. The Balaban J connectivity index is 2.62. The average molecular weight is 385 g/mol. The van der Waals surface area contributed by atoms with Crippen LogP contribution in [0.4, 0.5) is 4.79 Å². The van der Waals surface area contributed by atoms with E-state index in [0.717, 1.165) is 38.5 Å². The van der Waals surface area contributed by atoms with Gasteiger partial charge in [0.15, 0.2) is 5.96 Å². The number of ether oxygens (including phenoxy) is 2. The van der Waals surface area contributed by atoms with Crippen molar-refractivity contribution >= 4 is 12.1 Å². The highest BCUT2D eigenvalue weighted by Gasteiger charge is 2.36. The van der Waals surface area contributed by atoms with Gasteiger partial charge in [0.05, 0.1) is 6.61 Å². The monoisotopic (exact) mass is 384 g/mol. The van der Waals surface area contributed by atoms with Crippen LogP contribution in [0.1, 0.15) is 59.8 Å². The fourth-order valence-corrected chi connectivity index (χ4v) is 3.39. The summed E-state index contributed by atoms with van der Waals surface area (Å²) in [5, 5.41) is 9.64. The van der Waals surface area contributed by atoms with E-state index in [2.05, 4.69) is 36.7 Å². The maximum Gasteiger partial charge on any atom is 0.407 e. The highest BCUT2D eigenvalue weighted by molar-refractivity contribution is 5.79. The van der Waals surface area contributed by atoms with E-state index in [4.69, 9.17) is 14.5 Å². The van der Waals surface area contributed by atoms with Crippen LogP contribution < -0.4 is 16.0 Å². The van der Waals surface area contributed by atoms with Gasteiger partial charge in [0.2, 0.25) is 0 Å². The van der Waals surface area contributed by atoms with Crippen LogP contribution in [0.2, 0.25) is 0 Å².